The molecule has 0 radical (unpaired) electrons. The predicted molar refractivity (Wildman–Crippen MR) is 98.3 cm³/mol. The number of rotatable bonds is 5. The molecule has 2 heterocycles. The molecule has 1 amide bonds. The highest BCUT2D eigenvalue weighted by atomic mass is 16.1. The number of amides is 1. The lowest BCUT2D eigenvalue weighted by Gasteiger charge is -2.35. The summed E-state index contributed by atoms with van der Waals surface area (Å²) in [6.07, 6.45) is 13.1. The SMILES string of the molecule is NC(=O)CN(c1ccc(N2CCCCCC2)nc1)C1CCCCC1. The largest absolute Gasteiger partial charge is 0.368 e. The summed E-state index contributed by atoms with van der Waals surface area (Å²) in [5.74, 6) is 0.792. The van der Waals surface area contributed by atoms with Crippen LogP contribution in [0.5, 0.6) is 0 Å². The van der Waals surface area contributed by atoms with Crippen molar-refractivity contribution < 1.29 is 4.79 Å². The minimum Gasteiger partial charge on any atom is -0.368 e. The molecule has 24 heavy (non-hydrogen) atoms. The van der Waals surface area contributed by atoms with Crippen LogP contribution in [-0.2, 0) is 4.79 Å². The van der Waals surface area contributed by atoms with Crippen LogP contribution in [0, 0.1) is 0 Å². The maximum atomic E-state index is 11.5. The standard InChI is InChI=1S/C19H30N4O/c20-18(24)15-23(16-8-4-3-5-9-16)17-10-11-19(21-14-17)22-12-6-1-2-7-13-22/h10-11,14,16H,1-9,12-13,15H2,(H2,20,24). The van der Waals surface area contributed by atoms with Gasteiger partial charge in [-0.05, 0) is 37.8 Å². The van der Waals surface area contributed by atoms with E-state index >= 15 is 0 Å². The van der Waals surface area contributed by atoms with E-state index in [1.165, 1.54) is 44.9 Å². The van der Waals surface area contributed by atoms with Crippen molar-refractivity contribution in [3.8, 4) is 0 Å². The highest BCUT2D eigenvalue weighted by Crippen LogP contribution is 2.28. The van der Waals surface area contributed by atoms with Crippen LogP contribution >= 0.6 is 0 Å². The first kappa shape index (κ1) is 17.1. The molecule has 2 N–H and O–H groups in total. The molecule has 2 aliphatic rings. The molecule has 1 aromatic rings. The molecule has 0 bridgehead atoms. The Morgan fingerprint density at radius 3 is 2.33 bits per heavy atom. The third-order valence-corrected chi connectivity index (χ3v) is 5.34. The van der Waals surface area contributed by atoms with Crippen LogP contribution in [0.3, 0.4) is 0 Å². The van der Waals surface area contributed by atoms with E-state index in [4.69, 9.17) is 10.7 Å². The summed E-state index contributed by atoms with van der Waals surface area (Å²) in [5.41, 5.74) is 6.52. The zero-order valence-electron chi connectivity index (χ0n) is 14.6. The van der Waals surface area contributed by atoms with Gasteiger partial charge in [0.05, 0.1) is 18.4 Å². The number of nitrogens with zero attached hydrogens (tertiary/aromatic N) is 3. The summed E-state index contributed by atoms with van der Waals surface area (Å²) in [6, 6.07) is 4.64. The summed E-state index contributed by atoms with van der Waals surface area (Å²) in [6.45, 7) is 2.48. The second-order valence-corrected chi connectivity index (χ2v) is 7.16. The van der Waals surface area contributed by atoms with Crippen molar-refractivity contribution in [1.82, 2.24) is 4.98 Å². The number of primary amides is 1. The van der Waals surface area contributed by atoms with E-state index < -0.39 is 0 Å². The molecule has 3 rings (SSSR count). The number of pyridine rings is 1. The monoisotopic (exact) mass is 330 g/mol. The van der Waals surface area contributed by atoms with Gasteiger partial charge in [-0.1, -0.05) is 32.1 Å². The van der Waals surface area contributed by atoms with Crippen molar-refractivity contribution >= 4 is 17.4 Å². The summed E-state index contributed by atoms with van der Waals surface area (Å²) in [7, 11) is 0. The number of hydrogen-bond acceptors (Lipinski definition) is 4. The molecule has 132 valence electrons. The number of carbonyl (C=O) groups is 1. The Balaban J connectivity index is 1.73. The molecule has 0 unspecified atom stereocenters. The van der Waals surface area contributed by atoms with Crippen molar-refractivity contribution in [2.45, 2.75) is 63.8 Å². The predicted octanol–water partition coefficient (Wildman–Crippen LogP) is 3.09. The van der Waals surface area contributed by atoms with E-state index in [-0.39, 0.29) is 12.5 Å². The Bertz CT molecular complexity index is 517. The van der Waals surface area contributed by atoms with Crippen LogP contribution in [-0.4, -0.2) is 36.6 Å². The number of aromatic nitrogens is 1. The third-order valence-electron chi connectivity index (χ3n) is 5.34. The van der Waals surface area contributed by atoms with Crippen LogP contribution in [0.4, 0.5) is 11.5 Å². The average molecular weight is 330 g/mol. The van der Waals surface area contributed by atoms with Crippen LogP contribution in [0.15, 0.2) is 18.3 Å². The second-order valence-electron chi connectivity index (χ2n) is 7.16. The molecular weight excluding hydrogens is 300 g/mol. The molecule has 5 heteroatoms. The minimum absolute atomic E-state index is 0.267. The van der Waals surface area contributed by atoms with Crippen molar-refractivity contribution in [2.75, 3.05) is 29.4 Å². The van der Waals surface area contributed by atoms with E-state index in [9.17, 15) is 4.79 Å². The Kier molecular flexibility index (Phi) is 5.94. The van der Waals surface area contributed by atoms with Gasteiger partial charge in [-0.25, -0.2) is 4.98 Å². The lowest BCUT2D eigenvalue weighted by atomic mass is 9.94. The second kappa shape index (κ2) is 8.36. The zero-order valence-corrected chi connectivity index (χ0v) is 14.6. The first-order valence-electron chi connectivity index (χ1n) is 9.50. The lowest BCUT2D eigenvalue weighted by Crippen LogP contribution is -2.42. The fourth-order valence-electron chi connectivity index (χ4n) is 4.03. The first-order chi connectivity index (χ1) is 11.7. The van der Waals surface area contributed by atoms with E-state index in [1.807, 2.05) is 6.20 Å². The minimum atomic E-state index is -0.267. The fraction of sp³-hybridized carbons (Fsp3) is 0.684. The average Bonchev–Trinajstić information content (AvgIpc) is 2.90. The van der Waals surface area contributed by atoms with Gasteiger partial charge in [0, 0.05) is 19.1 Å². The molecule has 0 spiro atoms. The van der Waals surface area contributed by atoms with Crippen molar-refractivity contribution in [2.24, 2.45) is 5.73 Å². The number of nitrogens with two attached hydrogens (primary N) is 1. The van der Waals surface area contributed by atoms with Crippen molar-refractivity contribution in [1.29, 1.82) is 0 Å². The highest BCUT2D eigenvalue weighted by molar-refractivity contribution is 5.79. The van der Waals surface area contributed by atoms with Crippen LogP contribution < -0.4 is 15.5 Å². The summed E-state index contributed by atoms with van der Waals surface area (Å²) < 4.78 is 0. The maximum Gasteiger partial charge on any atom is 0.236 e. The quantitative estimate of drug-likeness (QED) is 0.901. The summed E-state index contributed by atoms with van der Waals surface area (Å²) in [5, 5.41) is 0. The van der Waals surface area contributed by atoms with Crippen LogP contribution in [0.2, 0.25) is 0 Å². The molecular formula is C19H30N4O. The van der Waals surface area contributed by atoms with Gasteiger partial charge in [-0.15, -0.1) is 0 Å². The molecule has 2 fully saturated rings. The Labute approximate surface area is 145 Å². The molecule has 1 saturated carbocycles. The van der Waals surface area contributed by atoms with Gasteiger partial charge < -0.3 is 15.5 Å². The van der Waals surface area contributed by atoms with Gasteiger partial charge in [0.25, 0.3) is 0 Å². The van der Waals surface area contributed by atoms with E-state index in [2.05, 4.69) is 21.9 Å². The van der Waals surface area contributed by atoms with Gasteiger partial charge in [-0.3, -0.25) is 4.79 Å². The maximum absolute atomic E-state index is 11.5. The van der Waals surface area contributed by atoms with E-state index in [0.29, 0.717) is 6.04 Å². The Hall–Kier alpha value is -1.78. The molecule has 0 aromatic carbocycles. The molecule has 0 atom stereocenters. The van der Waals surface area contributed by atoms with Crippen LogP contribution in [0.25, 0.3) is 0 Å². The number of carbonyl (C=O) groups excluding carboxylic acids is 1. The van der Waals surface area contributed by atoms with Gasteiger partial charge in [0.2, 0.25) is 5.91 Å². The van der Waals surface area contributed by atoms with E-state index in [1.54, 1.807) is 0 Å². The highest BCUT2D eigenvalue weighted by Gasteiger charge is 2.23. The summed E-state index contributed by atoms with van der Waals surface area (Å²) >= 11 is 0. The Morgan fingerprint density at radius 1 is 1.08 bits per heavy atom. The van der Waals surface area contributed by atoms with Gasteiger partial charge in [0.1, 0.15) is 5.82 Å². The smallest absolute Gasteiger partial charge is 0.236 e. The molecule has 1 aliphatic heterocycles. The van der Waals surface area contributed by atoms with Gasteiger partial charge in [-0.2, -0.15) is 0 Å². The lowest BCUT2D eigenvalue weighted by molar-refractivity contribution is -0.116. The van der Waals surface area contributed by atoms with Crippen molar-refractivity contribution in [3.05, 3.63) is 18.3 Å². The Morgan fingerprint density at radius 2 is 1.75 bits per heavy atom. The normalized spacial score (nSPS) is 19.8. The summed E-state index contributed by atoms with van der Waals surface area (Å²) in [4.78, 5) is 20.8. The van der Waals surface area contributed by atoms with Crippen molar-refractivity contribution in [3.63, 3.8) is 0 Å². The van der Waals surface area contributed by atoms with Gasteiger partial charge in [0.15, 0.2) is 0 Å². The van der Waals surface area contributed by atoms with Gasteiger partial charge >= 0.3 is 0 Å². The van der Waals surface area contributed by atoms with E-state index in [0.717, 1.165) is 37.4 Å². The molecule has 1 aliphatic carbocycles. The first-order valence-corrected chi connectivity index (χ1v) is 9.50. The fourth-order valence-corrected chi connectivity index (χ4v) is 4.03. The molecule has 1 saturated heterocycles. The zero-order chi connectivity index (χ0) is 16.8. The van der Waals surface area contributed by atoms with Crippen LogP contribution in [0.1, 0.15) is 57.8 Å². The number of hydrogen-bond donors (Lipinski definition) is 1. The topological polar surface area (TPSA) is 62.5 Å². The number of anilines is 2. The molecule has 1 aromatic heterocycles. The molecule has 5 nitrogen and oxygen atoms in total. The third kappa shape index (κ3) is 4.40.